The van der Waals surface area contributed by atoms with Gasteiger partial charge >= 0.3 is 0 Å². The minimum absolute atomic E-state index is 0.160. The van der Waals surface area contributed by atoms with Crippen LogP contribution in [0.2, 0.25) is 0 Å². The van der Waals surface area contributed by atoms with Crippen LogP contribution in [0.3, 0.4) is 0 Å². The Bertz CT molecular complexity index is 419. The Labute approximate surface area is 113 Å². The summed E-state index contributed by atoms with van der Waals surface area (Å²) in [6, 6.07) is 3.87. The Morgan fingerprint density at radius 2 is 2.00 bits per heavy atom. The van der Waals surface area contributed by atoms with E-state index in [1.807, 2.05) is 0 Å². The predicted octanol–water partition coefficient (Wildman–Crippen LogP) is 2.78. The van der Waals surface area contributed by atoms with Gasteiger partial charge in [0.15, 0.2) is 0 Å². The number of benzene rings is 1. The minimum Gasteiger partial charge on any atom is -0.496 e. The molecule has 3 nitrogen and oxygen atoms in total. The highest BCUT2D eigenvalue weighted by atomic mass is 19.1. The second-order valence-corrected chi connectivity index (χ2v) is 5.27. The third-order valence-corrected chi connectivity index (χ3v) is 4.07. The van der Waals surface area contributed by atoms with Crippen molar-refractivity contribution in [1.29, 1.82) is 0 Å². The Kier molecular flexibility index (Phi) is 4.77. The normalized spacial score (nSPS) is 20.0. The lowest BCUT2D eigenvalue weighted by atomic mass is 9.81. The molecular weight excluding hydrogens is 245 g/mol. The van der Waals surface area contributed by atoms with Crippen LogP contribution in [0.15, 0.2) is 18.2 Å². The third-order valence-electron chi connectivity index (χ3n) is 4.07. The molecule has 4 heteroatoms. The zero-order chi connectivity index (χ0) is 13.8. The maximum Gasteiger partial charge on any atom is 0.131 e. The summed E-state index contributed by atoms with van der Waals surface area (Å²) in [4.78, 5) is 0. The summed E-state index contributed by atoms with van der Waals surface area (Å²) in [5.41, 5.74) is 6.36. The molecule has 2 atom stereocenters. The van der Waals surface area contributed by atoms with Gasteiger partial charge < -0.3 is 15.6 Å². The molecule has 0 heterocycles. The van der Waals surface area contributed by atoms with Gasteiger partial charge in [0.05, 0.1) is 19.3 Å². The number of hydrogen-bond donors (Lipinski definition) is 2. The first-order chi connectivity index (χ1) is 9.15. The largest absolute Gasteiger partial charge is 0.496 e. The van der Waals surface area contributed by atoms with Gasteiger partial charge in [-0.3, -0.25) is 0 Å². The van der Waals surface area contributed by atoms with Gasteiger partial charge in [0.1, 0.15) is 11.6 Å². The van der Waals surface area contributed by atoms with Crippen LogP contribution in [0.25, 0.3) is 0 Å². The van der Waals surface area contributed by atoms with E-state index < -0.39 is 18.0 Å². The van der Waals surface area contributed by atoms with E-state index in [1.165, 1.54) is 19.6 Å². The summed E-state index contributed by atoms with van der Waals surface area (Å²) in [6.45, 7) is 0. The lowest BCUT2D eigenvalue weighted by Gasteiger charge is -2.31. The highest BCUT2D eigenvalue weighted by Crippen LogP contribution is 2.35. The van der Waals surface area contributed by atoms with Crippen LogP contribution in [-0.2, 0) is 0 Å². The average Bonchev–Trinajstić information content (AvgIpc) is 2.46. The molecule has 0 aromatic heterocycles. The number of aliphatic hydroxyl groups is 1. The highest BCUT2D eigenvalue weighted by Gasteiger charge is 2.30. The molecular formula is C15H22FNO2. The number of nitrogens with two attached hydrogens (primary N) is 1. The van der Waals surface area contributed by atoms with Crippen molar-refractivity contribution in [3.8, 4) is 5.75 Å². The zero-order valence-corrected chi connectivity index (χ0v) is 11.3. The van der Waals surface area contributed by atoms with Crippen molar-refractivity contribution in [3.05, 3.63) is 29.6 Å². The molecule has 1 aliphatic rings. The number of rotatable bonds is 4. The van der Waals surface area contributed by atoms with Gasteiger partial charge in [-0.1, -0.05) is 25.3 Å². The van der Waals surface area contributed by atoms with E-state index in [0.29, 0.717) is 5.75 Å². The fourth-order valence-electron chi connectivity index (χ4n) is 2.96. The number of methoxy groups -OCH3 is 1. The van der Waals surface area contributed by atoms with Crippen LogP contribution in [0.1, 0.15) is 43.7 Å². The smallest absolute Gasteiger partial charge is 0.131 e. The summed E-state index contributed by atoms with van der Waals surface area (Å²) in [7, 11) is 1.48. The molecule has 0 spiro atoms. The Morgan fingerprint density at radius 3 is 2.63 bits per heavy atom. The molecule has 19 heavy (non-hydrogen) atoms. The molecule has 0 radical (unpaired) electrons. The molecule has 2 rings (SSSR count). The van der Waals surface area contributed by atoms with Gasteiger partial charge in [0.2, 0.25) is 0 Å². The van der Waals surface area contributed by atoms with Crippen LogP contribution in [-0.4, -0.2) is 18.3 Å². The van der Waals surface area contributed by atoms with Crippen molar-refractivity contribution in [3.63, 3.8) is 0 Å². The molecule has 0 unspecified atom stereocenters. The Morgan fingerprint density at radius 1 is 1.32 bits per heavy atom. The molecule has 0 amide bonds. The predicted molar refractivity (Wildman–Crippen MR) is 72.5 cm³/mol. The van der Waals surface area contributed by atoms with E-state index in [2.05, 4.69) is 0 Å². The molecule has 1 fully saturated rings. The van der Waals surface area contributed by atoms with E-state index in [9.17, 15) is 9.50 Å². The van der Waals surface area contributed by atoms with Crippen molar-refractivity contribution in [2.24, 2.45) is 11.7 Å². The fraction of sp³-hybridized carbons (Fsp3) is 0.600. The second-order valence-electron chi connectivity index (χ2n) is 5.27. The van der Waals surface area contributed by atoms with Crippen LogP contribution in [0.5, 0.6) is 5.75 Å². The van der Waals surface area contributed by atoms with Gasteiger partial charge in [0.25, 0.3) is 0 Å². The minimum atomic E-state index is -0.737. The molecule has 1 aliphatic carbocycles. The van der Waals surface area contributed by atoms with E-state index in [4.69, 9.17) is 10.5 Å². The summed E-state index contributed by atoms with van der Waals surface area (Å²) in [5.74, 6) is 0.150. The van der Waals surface area contributed by atoms with Gasteiger partial charge in [-0.05, 0) is 30.9 Å². The monoisotopic (exact) mass is 267 g/mol. The molecule has 0 aliphatic heterocycles. The molecule has 1 aromatic rings. The molecule has 1 saturated carbocycles. The summed E-state index contributed by atoms with van der Waals surface area (Å²) < 4.78 is 19.1. The molecule has 0 bridgehead atoms. The van der Waals surface area contributed by atoms with Crippen molar-refractivity contribution >= 4 is 0 Å². The first kappa shape index (κ1) is 14.3. The molecule has 3 N–H and O–H groups in total. The lowest BCUT2D eigenvalue weighted by Crippen LogP contribution is -2.35. The second kappa shape index (κ2) is 6.35. The van der Waals surface area contributed by atoms with Crippen molar-refractivity contribution in [2.75, 3.05) is 7.11 Å². The number of halogens is 1. The Balaban J connectivity index is 2.20. The van der Waals surface area contributed by atoms with Crippen LogP contribution < -0.4 is 10.5 Å². The number of ether oxygens (including phenoxy) is 1. The topological polar surface area (TPSA) is 55.5 Å². The third kappa shape index (κ3) is 3.07. The van der Waals surface area contributed by atoms with E-state index in [1.54, 1.807) is 12.1 Å². The fourth-order valence-corrected chi connectivity index (χ4v) is 2.96. The van der Waals surface area contributed by atoms with E-state index in [-0.39, 0.29) is 11.5 Å². The maximum atomic E-state index is 13.9. The standard InChI is InChI=1S/C15H22FNO2/c1-19-12-9-5-8-11(16)13(12)14(17)15(18)10-6-3-2-4-7-10/h5,8-10,14-15,18H,2-4,6-7,17H2,1H3/t14-,15+/m0/s1. The molecule has 106 valence electrons. The zero-order valence-electron chi connectivity index (χ0n) is 11.3. The van der Waals surface area contributed by atoms with Gasteiger partial charge in [-0.2, -0.15) is 0 Å². The van der Waals surface area contributed by atoms with Gasteiger partial charge in [-0.25, -0.2) is 4.39 Å². The van der Waals surface area contributed by atoms with Crippen LogP contribution in [0.4, 0.5) is 4.39 Å². The molecule has 0 saturated heterocycles. The molecule has 1 aromatic carbocycles. The quantitative estimate of drug-likeness (QED) is 0.882. The van der Waals surface area contributed by atoms with Crippen molar-refractivity contribution in [1.82, 2.24) is 0 Å². The Hall–Kier alpha value is -1.13. The van der Waals surface area contributed by atoms with Crippen LogP contribution >= 0.6 is 0 Å². The van der Waals surface area contributed by atoms with Gasteiger partial charge in [0, 0.05) is 5.56 Å². The summed E-state index contributed by atoms with van der Waals surface area (Å²) in [6.07, 6.45) is 4.65. The number of aliphatic hydroxyl groups excluding tert-OH is 1. The van der Waals surface area contributed by atoms with E-state index >= 15 is 0 Å². The van der Waals surface area contributed by atoms with Crippen LogP contribution in [0, 0.1) is 11.7 Å². The van der Waals surface area contributed by atoms with Crippen molar-refractivity contribution < 1.29 is 14.2 Å². The first-order valence-electron chi connectivity index (χ1n) is 6.91. The SMILES string of the molecule is COc1cccc(F)c1[C@H](N)[C@H](O)C1CCCCC1. The summed E-state index contributed by atoms with van der Waals surface area (Å²) in [5, 5.41) is 10.4. The summed E-state index contributed by atoms with van der Waals surface area (Å²) >= 11 is 0. The average molecular weight is 267 g/mol. The van der Waals surface area contributed by atoms with Crippen molar-refractivity contribution in [2.45, 2.75) is 44.2 Å². The van der Waals surface area contributed by atoms with E-state index in [0.717, 1.165) is 25.7 Å². The highest BCUT2D eigenvalue weighted by molar-refractivity contribution is 5.37. The lowest BCUT2D eigenvalue weighted by molar-refractivity contribution is 0.0600. The van der Waals surface area contributed by atoms with Gasteiger partial charge in [-0.15, -0.1) is 0 Å². The maximum absolute atomic E-state index is 13.9. The first-order valence-corrected chi connectivity index (χ1v) is 6.91. The number of hydrogen-bond acceptors (Lipinski definition) is 3.